The quantitative estimate of drug-likeness (QED) is 0.626. The molecule has 0 bridgehead atoms. The fourth-order valence-corrected chi connectivity index (χ4v) is 1.83. The van der Waals surface area contributed by atoms with E-state index in [2.05, 4.69) is 67.6 Å². The van der Waals surface area contributed by atoms with Crippen LogP contribution in [0, 0.1) is 20.8 Å². The summed E-state index contributed by atoms with van der Waals surface area (Å²) in [7, 11) is 2.09. The summed E-state index contributed by atoms with van der Waals surface area (Å²) in [6, 6.07) is 8.43. The van der Waals surface area contributed by atoms with Crippen LogP contribution in [0.3, 0.4) is 0 Å². The molecule has 2 nitrogen and oxygen atoms in total. The fraction of sp³-hybridized carbons (Fsp3) is 0.308. The molecule has 1 aromatic heterocycles. The summed E-state index contributed by atoms with van der Waals surface area (Å²) in [6.45, 7) is 6.42. The molecule has 2 heteroatoms. The van der Waals surface area contributed by atoms with Crippen molar-refractivity contribution in [1.29, 1.82) is 0 Å². The first kappa shape index (κ1) is 9.97. The van der Waals surface area contributed by atoms with Crippen molar-refractivity contribution in [2.24, 2.45) is 7.05 Å². The lowest BCUT2D eigenvalue weighted by Crippen LogP contribution is -2.40. The van der Waals surface area contributed by atoms with Crippen LogP contribution in [0.4, 0.5) is 0 Å². The Morgan fingerprint density at radius 3 is 2.20 bits per heavy atom. The molecule has 2 rings (SSSR count). The Bertz CT molecular complexity index is 495. The van der Waals surface area contributed by atoms with Crippen LogP contribution in [0.2, 0.25) is 0 Å². The van der Waals surface area contributed by atoms with E-state index in [1.54, 1.807) is 0 Å². The third kappa shape index (κ3) is 1.56. The van der Waals surface area contributed by atoms with Crippen LogP contribution in [0.15, 0.2) is 30.5 Å². The van der Waals surface area contributed by atoms with E-state index in [1.807, 2.05) is 0 Å². The molecule has 0 spiro atoms. The molecule has 0 fully saturated rings. The molecule has 0 saturated carbocycles. The molecular weight excluding hydrogens is 184 g/mol. The van der Waals surface area contributed by atoms with Crippen LogP contribution >= 0.6 is 0 Å². The monoisotopic (exact) mass is 201 g/mol. The van der Waals surface area contributed by atoms with Crippen LogP contribution in [-0.4, -0.2) is 4.68 Å². The van der Waals surface area contributed by atoms with Gasteiger partial charge in [0.2, 0.25) is 5.69 Å². The Balaban J connectivity index is 2.65. The molecule has 0 amide bonds. The molecule has 15 heavy (non-hydrogen) atoms. The molecule has 1 heterocycles. The van der Waals surface area contributed by atoms with Crippen molar-refractivity contribution in [3.8, 4) is 5.69 Å². The second kappa shape index (κ2) is 3.54. The van der Waals surface area contributed by atoms with E-state index in [9.17, 15) is 0 Å². The summed E-state index contributed by atoms with van der Waals surface area (Å²) in [5, 5.41) is 0. The minimum Gasteiger partial charge on any atom is -0.128 e. The first-order chi connectivity index (χ1) is 7.11. The number of nitrogens with zero attached hydrogens (tertiary/aromatic N) is 2. The predicted octanol–water partition coefficient (Wildman–Crippen LogP) is 2.23. The van der Waals surface area contributed by atoms with E-state index >= 15 is 0 Å². The highest BCUT2D eigenvalue weighted by Gasteiger charge is 2.15. The van der Waals surface area contributed by atoms with E-state index in [0.717, 1.165) is 0 Å². The number of aromatic nitrogens is 2. The number of benzene rings is 1. The second-order valence-corrected chi connectivity index (χ2v) is 4.05. The van der Waals surface area contributed by atoms with E-state index in [1.165, 1.54) is 22.5 Å². The summed E-state index contributed by atoms with van der Waals surface area (Å²) >= 11 is 0. The molecular formula is C13H17N2+. The van der Waals surface area contributed by atoms with Crippen molar-refractivity contribution in [3.63, 3.8) is 0 Å². The third-order valence-corrected chi connectivity index (χ3v) is 3.06. The maximum absolute atomic E-state index is 2.19. The van der Waals surface area contributed by atoms with Gasteiger partial charge < -0.3 is 0 Å². The average molecular weight is 201 g/mol. The third-order valence-electron chi connectivity index (χ3n) is 3.06. The number of aryl methyl sites for hydroxylation is 2. The molecule has 0 saturated heterocycles. The number of rotatable bonds is 1. The Labute approximate surface area is 90.8 Å². The standard InChI is InChI=1S/C13H17N2/c1-10-7-5-6-8-13(10)15-9-11(2)12(3)14(15)4/h5-9H,1-4H3/q+1. The highest BCUT2D eigenvalue weighted by molar-refractivity contribution is 5.38. The molecule has 2 aromatic rings. The summed E-state index contributed by atoms with van der Waals surface area (Å²) in [4.78, 5) is 0. The van der Waals surface area contributed by atoms with Gasteiger partial charge in [0.25, 0.3) is 0 Å². The predicted molar refractivity (Wildman–Crippen MR) is 61.2 cm³/mol. The van der Waals surface area contributed by atoms with Gasteiger partial charge in [-0.3, -0.25) is 0 Å². The zero-order valence-corrected chi connectivity index (χ0v) is 9.78. The van der Waals surface area contributed by atoms with Gasteiger partial charge in [-0.25, -0.2) is 0 Å². The lowest BCUT2D eigenvalue weighted by Gasteiger charge is -2.03. The molecule has 1 aromatic carbocycles. The van der Waals surface area contributed by atoms with Crippen LogP contribution in [-0.2, 0) is 7.05 Å². The van der Waals surface area contributed by atoms with Crippen molar-refractivity contribution in [2.45, 2.75) is 20.8 Å². The zero-order valence-electron chi connectivity index (χ0n) is 9.78. The highest BCUT2D eigenvalue weighted by atomic mass is 15.4. The van der Waals surface area contributed by atoms with Crippen LogP contribution in [0.25, 0.3) is 5.69 Å². The SMILES string of the molecule is Cc1ccccc1-n1cc(C)c(C)[n+]1C. The van der Waals surface area contributed by atoms with Gasteiger partial charge in [0, 0.05) is 12.5 Å². The first-order valence-corrected chi connectivity index (χ1v) is 5.22. The van der Waals surface area contributed by atoms with Crippen LogP contribution in [0.5, 0.6) is 0 Å². The van der Waals surface area contributed by atoms with Crippen LogP contribution in [0.1, 0.15) is 16.8 Å². The summed E-state index contributed by atoms with van der Waals surface area (Å²) in [5.41, 5.74) is 5.17. The number of hydrogen-bond acceptors (Lipinski definition) is 0. The first-order valence-electron chi connectivity index (χ1n) is 5.22. The number of hydrogen-bond donors (Lipinski definition) is 0. The van der Waals surface area contributed by atoms with Gasteiger partial charge in [0.15, 0.2) is 7.05 Å². The number of para-hydroxylation sites is 1. The molecule has 0 N–H and O–H groups in total. The molecule has 0 aliphatic heterocycles. The van der Waals surface area contributed by atoms with Crippen molar-refractivity contribution in [1.82, 2.24) is 4.68 Å². The summed E-state index contributed by atoms with van der Waals surface area (Å²) in [5.74, 6) is 0. The lowest BCUT2D eigenvalue weighted by molar-refractivity contribution is -0.749. The largest absolute Gasteiger partial charge is 0.207 e. The van der Waals surface area contributed by atoms with Gasteiger partial charge in [0.1, 0.15) is 5.69 Å². The van der Waals surface area contributed by atoms with Gasteiger partial charge in [-0.05, 0) is 25.5 Å². The van der Waals surface area contributed by atoms with Crippen molar-refractivity contribution in [2.75, 3.05) is 0 Å². The molecule has 78 valence electrons. The van der Waals surface area contributed by atoms with E-state index in [4.69, 9.17) is 0 Å². The molecule has 0 atom stereocenters. The smallest absolute Gasteiger partial charge is 0.128 e. The normalized spacial score (nSPS) is 10.7. The maximum Gasteiger partial charge on any atom is 0.207 e. The maximum atomic E-state index is 2.19. The Morgan fingerprint density at radius 2 is 1.67 bits per heavy atom. The second-order valence-electron chi connectivity index (χ2n) is 4.05. The van der Waals surface area contributed by atoms with E-state index in [-0.39, 0.29) is 0 Å². The van der Waals surface area contributed by atoms with E-state index < -0.39 is 0 Å². The van der Waals surface area contributed by atoms with Gasteiger partial charge in [0.05, 0.1) is 6.20 Å². The van der Waals surface area contributed by atoms with Crippen molar-refractivity contribution >= 4 is 0 Å². The van der Waals surface area contributed by atoms with Crippen molar-refractivity contribution < 1.29 is 4.68 Å². The van der Waals surface area contributed by atoms with Crippen LogP contribution < -0.4 is 4.68 Å². The molecule has 0 unspecified atom stereocenters. The fourth-order valence-electron chi connectivity index (χ4n) is 1.83. The summed E-state index contributed by atoms with van der Waals surface area (Å²) < 4.78 is 4.37. The van der Waals surface area contributed by atoms with Crippen molar-refractivity contribution in [3.05, 3.63) is 47.3 Å². The van der Waals surface area contributed by atoms with Gasteiger partial charge >= 0.3 is 0 Å². The molecule has 0 radical (unpaired) electrons. The Hall–Kier alpha value is -1.57. The average Bonchev–Trinajstić information content (AvgIpc) is 2.47. The minimum atomic E-state index is 1.25. The minimum absolute atomic E-state index is 1.25. The highest BCUT2D eigenvalue weighted by Crippen LogP contribution is 2.13. The van der Waals surface area contributed by atoms with Gasteiger partial charge in [-0.2, -0.15) is 0 Å². The Morgan fingerprint density at radius 1 is 1.00 bits per heavy atom. The molecule has 0 aliphatic rings. The summed E-state index contributed by atoms with van der Waals surface area (Å²) in [6.07, 6.45) is 2.18. The van der Waals surface area contributed by atoms with Gasteiger partial charge in [-0.15, -0.1) is 9.36 Å². The molecule has 0 aliphatic carbocycles. The zero-order chi connectivity index (χ0) is 11.0. The van der Waals surface area contributed by atoms with E-state index in [0.29, 0.717) is 0 Å². The topological polar surface area (TPSA) is 8.81 Å². The lowest BCUT2D eigenvalue weighted by atomic mass is 10.2. The van der Waals surface area contributed by atoms with Gasteiger partial charge in [-0.1, -0.05) is 18.2 Å². The Kier molecular flexibility index (Phi) is 2.35.